The van der Waals surface area contributed by atoms with Gasteiger partial charge in [-0.3, -0.25) is 4.55 Å². The molecule has 1 rings (SSSR count). The van der Waals surface area contributed by atoms with E-state index >= 15 is 0 Å². The average Bonchev–Trinajstić information content (AvgIpc) is 2.08. The summed E-state index contributed by atoms with van der Waals surface area (Å²) >= 11 is 5.55. The predicted octanol–water partition coefficient (Wildman–Crippen LogP) is 1.79. The molecule has 0 aliphatic rings. The highest BCUT2D eigenvalue weighted by molar-refractivity contribution is 7.88. The molecule has 0 saturated heterocycles. The van der Waals surface area contributed by atoms with Gasteiger partial charge in [0.15, 0.2) is 9.34 Å². The predicted molar refractivity (Wildman–Crippen MR) is 39.1 cm³/mol. The van der Waals surface area contributed by atoms with Gasteiger partial charge < -0.3 is 0 Å². The fourth-order valence-corrected chi connectivity index (χ4v) is 2.55. The van der Waals surface area contributed by atoms with Crippen molar-refractivity contribution in [3.05, 3.63) is 16.2 Å². The third kappa shape index (κ3) is 1.90. The smallest absolute Gasteiger partial charge is 0.281 e. The number of hydrogen-bond acceptors (Lipinski definition) is 3. The van der Waals surface area contributed by atoms with E-state index in [1.54, 1.807) is 0 Å². The molecule has 0 saturated carbocycles. The summed E-state index contributed by atoms with van der Waals surface area (Å²) in [5.41, 5.74) is 0. The highest BCUT2D eigenvalue weighted by atomic mass is 35.5. The molecule has 0 unspecified atom stereocenters. The van der Waals surface area contributed by atoms with Gasteiger partial charge in [-0.25, -0.2) is 0 Å². The SMILES string of the molecule is O=S(=O)(O)c1sc(F)cc1Cl. The van der Waals surface area contributed by atoms with E-state index in [1.807, 2.05) is 0 Å². The lowest BCUT2D eigenvalue weighted by Gasteiger charge is -1.88. The first-order valence-corrected chi connectivity index (χ1v) is 4.97. The maximum Gasteiger partial charge on any atom is 0.305 e. The second-order valence-electron chi connectivity index (χ2n) is 1.66. The second-order valence-corrected chi connectivity index (χ2v) is 4.69. The van der Waals surface area contributed by atoms with Gasteiger partial charge in [0.25, 0.3) is 0 Å². The van der Waals surface area contributed by atoms with Gasteiger partial charge in [0, 0.05) is 6.07 Å². The van der Waals surface area contributed by atoms with Crippen LogP contribution in [0.1, 0.15) is 0 Å². The van der Waals surface area contributed by atoms with E-state index in [1.165, 1.54) is 0 Å². The van der Waals surface area contributed by atoms with Gasteiger partial charge in [0.1, 0.15) is 0 Å². The molecule has 0 atom stereocenters. The minimum atomic E-state index is -4.37. The zero-order chi connectivity index (χ0) is 8.65. The van der Waals surface area contributed by atoms with Crippen LogP contribution in [0.2, 0.25) is 5.02 Å². The normalized spacial score (nSPS) is 11.9. The van der Waals surface area contributed by atoms with Crippen molar-refractivity contribution in [3.63, 3.8) is 0 Å². The van der Waals surface area contributed by atoms with Crippen molar-refractivity contribution in [2.45, 2.75) is 4.21 Å². The topological polar surface area (TPSA) is 54.4 Å². The summed E-state index contributed by atoms with van der Waals surface area (Å²) in [5, 5.41) is -1.04. The van der Waals surface area contributed by atoms with Gasteiger partial charge in [0.05, 0.1) is 5.02 Å². The van der Waals surface area contributed by atoms with Crippen molar-refractivity contribution in [2.24, 2.45) is 0 Å². The van der Waals surface area contributed by atoms with E-state index in [9.17, 15) is 12.8 Å². The largest absolute Gasteiger partial charge is 0.305 e. The molecule has 3 nitrogen and oxygen atoms in total. The van der Waals surface area contributed by atoms with Crippen LogP contribution in [0, 0.1) is 5.13 Å². The fourth-order valence-electron chi connectivity index (χ4n) is 0.501. The molecule has 0 amide bonds. The number of rotatable bonds is 1. The molecule has 1 N–H and O–H groups in total. The molecule has 0 aromatic carbocycles. The molecule has 1 aromatic rings. The molecule has 1 aromatic heterocycles. The van der Waals surface area contributed by atoms with Crippen LogP contribution in [0.5, 0.6) is 0 Å². The molecule has 0 radical (unpaired) electrons. The van der Waals surface area contributed by atoms with E-state index in [4.69, 9.17) is 16.2 Å². The Labute approximate surface area is 71.2 Å². The van der Waals surface area contributed by atoms with Crippen molar-refractivity contribution in [2.75, 3.05) is 0 Å². The van der Waals surface area contributed by atoms with Crippen LogP contribution in [-0.2, 0) is 10.1 Å². The van der Waals surface area contributed by atoms with E-state index in [0.717, 1.165) is 6.07 Å². The molecule has 0 spiro atoms. The first-order valence-electron chi connectivity index (χ1n) is 2.33. The van der Waals surface area contributed by atoms with Crippen molar-refractivity contribution in [1.82, 2.24) is 0 Å². The standard InChI is InChI=1S/C4H2ClFO3S2/c5-2-1-3(6)10-4(2)11(7,8)9/h1H,(H,7,8,9). The minimum Gasteiger partial charge on any atom is -0.281 e. The molecule has 7 heteroatoms. The highest BCUT2D eigenvalue weighted by Gasteiger charge is 2.18. The van der Waals surface area contributed by atoms with Gasteiger partial charge in [-0.1, -0.05) is 22.9 Å². The van der Waals surface area contributed by atoms with E-state index in [2.05, 4.69) is 0 Å². The van der Waals surface area contributed by atoms with Gasteiger partial charge in [-0.2, -0.15) is 12.8 Å². The average molecular weight is 217 g/mol. The van der Waals surface area contributed by atoms with Crippen LogP contribution in [0.15, 0.2) is 10.3 Å². The Morgan fingerprint density at radius 2 is 2.18 bits per heavy atom. The monoisotopic (exact) mass is 216 g/mol. The summed E-state index contributed by atoms with van der Waals surface area (Å²) in [4.78, 5) is 0. The maximum absolute atomic E-state index is 12.3. The Kier molecular flexibility index (Phi) is 2.19. The minimum absolute atomic E-state index is 0.285. The first kappa shape index (κ1) is 8.92. The lowest BCUT2D eigenvalue weighted by Crippen LogP contribution is -1.94. The third-order valence-corrected chi connectivity index (χ3v) is 3.67. The second kappa shape index (κ2) is 2.71. The molecular formula is C4H2ClFO3S2. The zero-order valence-electron chi connectivity index (χ0n) is 4.91. The van der Waals surface area contributed by atoms with Crippen molar-refractivity contribution in [3.8, 4) is 0 Å². The van der Waals surface area contributed by atoms with Gasteiger partial charge in [0.2, 0.25) is 0 Å². The van der Waals surface area contributed by atoms with Crippen LogP contribution in [0.4, 0.5) is 4.39 Å². The van der Waals surface area contributed by atoms with E-state index < -0.39 is 19.5 Å². The highest BCUT2D eigenvalue weighted by Crippen LogP contribution is 2.29. The van der Waals surface area contributed by atoms with Crippen LogP contribution in [-0.4, -0.2) is 13.0 Å². The third-order valence-electron chi connectivity index (χ3n) is 0.860. The molecule has 0 aliphatic carbocycles. The fraction of sp³-hybridized carbons (Fsp3) is 0. The Bertz CT molecular complexity index is 369. The molecule has 0 bridgehead atoms. The van der Waals surface area contributed by atoms with Gasteiger partial charge in [-0.15, -0.1) is 0 Å². The van der Waals surface area contributed by atoms with Crippen LogP contribution in [0.3, 0.4) is 0 Å². The van der Waals surface area contributed by atoms with E-state index in [0.29, 0.717) is 0 Å². The molecule has 0 fully saturated rings. The molecule has 0 aliphatic heterocycles. The summed E-state index contributed by atoms with van der Waals surface area (Å²) in [7, 11) is -4.37. The summed E-state index contributed by atoms with van der Waals surface area (Å²) in [6, 6.07) is 0.829. The molecular weight excluding hydrogens is 215 g/mol. The van der Waals surface area contributed by atoms with Crippen LogP contribution in [0.25, 0.3) is 0 Å². The van der Waals surface area contributed by atoms with Crippen LogP contribution >= 0.6 is 22.9 Å². The lowest BCUT2D eigenvalue weighted by molar-refractivity contribution is 0.485. The van der Waals surface area contributed by atoms with Crippen LogP contribution < -0.4 is 0 Å². The quantitative estimate of drug-likeness (QED) is 0.729. The molecule has 1 heterocycles. The zero-order valence-corrected chi connectivity index (χ0v) is 7.30. The Morgan fingerprint density at radius 3 is 2.36 bits per heavy atom. The number of hydrogen-bond donors (Lipinski definition) is 1. The van der Waals surface area contributed by atoms with Gasteiger partial charge in [-0.05, 0) is 0 Å². The van der Waals surface area contributed by atoms with Gasteiger partial charge >= 0.3 is 10.1 Å². The summed E-state index contributed by atoms with van der Waals surface area (Å²) < 4.78 is 40.9. The number of thiophene rings is 1. The van der Waals surface area contributed by atoms with Crippen molar-refractivity contribution < 1.29 is 17.4 Å². The first-order chi connectivity index (χ1) is 4.91. The Morgan fingerprint density at radius 1 is 1.64 bits per heavy atom. The van der Waals surface area contributed by atoms with Crippen molar-refractivity contribution in [1.29, 1.82) is 0 Å². The summed E-state index contributed by atoms with van der Waals surface area (Å²) in [6.07, 6.45) is 0. The summed E-state index contributed by atoms with van der Waals surface area (Å²) in [6.45, 7) is 0. The Balaban J connectivity index is 3.36. The van der Waals surface area contributed by atoms with E-state index in [-0.39, 0.29) is 16.4 Å². The maximum atomic E-state index is 12.3. The summed E-state index contributed by atoms with van der Waals surface area (Å²) in [5.74, 6) is 0. The van der Waals surface area contributed by atoms with Crippen molar-refractivity contribution >= 4 is 33.1 Å². The lowest BCUT2D eigenvalue weighted by atomic mass is 10.7. The molecule has 62 valence electrons. The molecule has 11 heavy (non-hydrogen) atoms. The number of halogens is 2. The Hall–Kier alpha value is -0.170.